The molecule has 2 heteroatoms. The smallest absolute Gasteiger partial charge is 0.129 e. The van der Waals surface area contributed by atoms with Crippen LogP contribution in [0.5, 0.6) is 0 Å². The molecule has 1 aliphatic carbocycles. The van der Waals surface area contributed by atoms with Crippen LogP contribution in [0.4, 0.5) is 5.82 Å². The summed E-state index contributed by atoms with van der Waals surface area (Å²) in [5, 5.41) is 3.54. The van der Waals surface area contributed by atoms with Crippen molar-refractivity contribution in [1.82, 2.24) is 4.98 Å². The number of aryl methyl sites for hydroxylation is 2. The van der Waals surface area contributed by atoms with Gasteiger partial charge in [0.05, 0.1) is 0 Å². The van der Waals surface area contributed by atoms with E-state index in [1.807, 2.05) is 0 Å². The molecule has 1 aromatic heterocycles. The van der Waals surface area contributed by atoms with Crippen molar-refractivity contribution >= 4 is 5.82 Å². The van der Waals surface area contributed by atoms with E-state index >= 15 is 0 Å². The molecule has 1 aliphatic heterocycles. The van der Waals surface area contributed by atoms with Gasteiger partial charge in [-0.3, -0.25) is 0 Å². The zero-order valence-electron chi connectivity index (χ0n) is 13.0. The normalized spacial score (nSPS) is 21.9. The number of pyridine rings is 1. The van der Waals surface area contributed by atoms with Gasteiger partial charge < -0.3 is 5.32 Å². The number of anilines is 1. The van der Waals surface area contributed by atoms with E-state index in [4.69, 9.17) is 4.98 Å². The Morgan fingerprint density at radius 1 is 1.20 bits per heavy atom. The Balaban J connectivity index is 1.84. The molecular weight excluding hydrogens is 244 g/mol. The first-order valence-electron chi connectivity index (χ1n) is 8.57. The highest BCUT2D eigenvalue weighted by molar-refractivity contribution is 5.49. The summed E-state index contributed by atoms with van der Waals surface area (Å²) in [6, 6.07) is 2.46. The zero-order chi connectivity index (χ0) is 13.9. The number of aromatic nitrogens is 1. The number of hydrogen-bond donors (Lipinski definition) is 1. The van der Waals surface area contributed by atoms with E-state index in [1.165, 1.54) is 74.0 Å². The highest BCUT2D eigenvalue weighted by Gasteiger charge is 2.26. The summed E-state index contributed by atoms with van der Waals surface area (Å²) in [5.74, 6) is 2.93. The zero-order valence-corrected chi connectivity index (χ0v) is 13.0. The third-order valence-electron chi connectivity index (χ3n) is 5.39. The molecule has 0 aromatic carbocycles. The molecule has 1 unspecified atom stereocenters. The van der Waals surface area contributed by atoms with E-state index < -0.39 is 0 Å². The molecule has 0 saturated heterocycles. The first kappa shape index (κ1) is 13.9. The summed E-state index contributed by atoms with van der Waals surface area (Å²) < 4.78 is 0. The number of nitrogens with zero attached hydrogens (tertiary/aromatic N) is 1. The molecule has 2 heterocycles. The van der Waals surface area contributed by atoms with Crippen molar-refractivity contribution in [2.24, 2.45) is 11.8 Å². The monoisotopic (exact) mass is 272 g/mol. The average molecular weight is 272 g/mol. The van der Waals surface area contributed by atoms with Crippen LogP contribution in [0.3, 0.4) is 0 Å². The molecule has 0 radical (unpaired) electrons. The van der Waals surface area contributed by atoms with E-state index in [0.717, 1.165) is 18.4 Å². The van der Waals surface area contributed by atoms with Crippen LogP contribution in [0, 0.1) is 11.8 Å². The SMILES string of the molecule is CCC(CC)C1CCc2cc3c(nc2C1)NCCCC3. The van der Waals surface area contributed by atoms with Crippen LogP contribution < -0.4 is 5.32 Å². The molecule has 1 atom stereocenters. The van der Waals surface area contributed by atoms with Crippen LogP contribution in [0.25, 0.3) is 0 Å². The molecule has 0 saturated carbocycles. The Morgan fingerprint density at radius 3 is 2.85 bits per heavy atom. The van der Waals surface area contributed by atoms with Crippen molar-refractivity contribution in [3.63, 3.8) is 0 Å². The molecule has 0 bridgehead atoms. The second kappa shape index (κ2) is 6.15. The minimum absolute atomic E-state index is 0.855. The van der Waals surface area contributed by atoms with Crippen molar-refractivity contribution < 1.29 is 0 Å². The number of fused-ring (bicyclic) bond motifs is 2. The Bertz CT molecular complexity index is 463. The highest BCUT2D eigenvalue weighted by Crippen LogP contribution is 2.34. The van der Waals surface area contributed by atoms with E-state index in [9.17, 15) is 0 Å². The fourth-order valence-corrected chi connectivity index (χ4v) is 4.07. The lowest BCUT2D eigenvalue weighted by atomic mass is 9.76. The van der Waals surface area contributed by atoms with Gasteiger partial charge in [-0.05, 0) is 61.5 Å². The molecule has 3 rings (SSSR count). The lowest BCUT2D eigenvalue weighted by molar-refractivity contribution is 0.280. The number of nitrogens with one attached hydrogen (secondary N) is 1. The van der Waals surface area contributed by atoms with Crippen LogP contribution in [0.2, 0.25) is 0 Å². The quantitative estimate of drug-likeness (QED) is 0.883. The van der Waals surface area contributed by atoms with Crippen LogP contribution in [-0.2, 0) is 19.3 Å². The van der Waals surface area contributed by atoms with Crippen LogP contribution in [-0.4, -0.2) is 11.5 Å². The summed E-state index contributed by atoms with van der Waals surface area (Å²) in [6.07, 6.45) is 10.2. The van der Waals surface area contributed by atoms with E-state index in [0.29, 0.717) is 0 Å². The van der Waals surface area contributed by atoms with E-state index in [-0.39, 0.29) is 0 Å². The lowest BCUT2D eigenvalue weighted by Gasteiger charge is -2.30. The summed E-state index contributed by atoms with van der Waals surface area (Å²) >= 11 is 0. The molecule has 20 heavy (non-hydrogen) atoms. The molecular formula is C18H28N2. The third kappa shape index (κ3) is 2.70. The van der Waals surface area contributed by atoms with Crippen molar-refractivity contribution in [2.75, 3.05) is 11.9 Å². The second-order valence-electron chi connectivity index (χ2n) is 6.57. The van der Waals surface area contributed by atoms with Crippen molar-refractivity contribution in [2.45, 2.75) is 65.2 Å². The van der Waals surface area contributed by atoms with Crippen LogP contribution in [0.15, 0.2) is 6.07 Å². The van der Waals surface area contributed by atoms with Gasteiger partial charge in [0.1, 0.15) is 5.82 Å². The standard InChI is InChI=1S/C18H28N2/c1-3-13(4-2)14-8-9-15-11-16-7-5-6-10-19-18(16)20-17(15)12-14/h11,13-14H,3-10,12H2,1-2H3,(H,19,20). The van der Waals surface area contributed by atoms with E-state index in [1.54, 1.807) is 0 Å². The molecule has 1 N–H and O–H groups in total. The molecule has 0 amide bonds. The summed E-state index contributed by atoms with van der Waals surface area (Å²) in [4.78, 5) is 5.00. The molecule has 0 fully saturated rings. The van der Waals surface area contributed by atoms with Gasteiger partial charge in [-0.15, -0.1) is 0 Å². The summed E-state index contributed by atoms with van der Waals surface area (Å²) in [7, 11) is 0. The maximum atomic E-state index is 5.00. The maximum Gasteiger partial charge on any atom is 0.129 e. The van der Waals surface area contributed by atoms with Gasteiger partial charge in [-0.2, -0.15) is 0 Å². The number of rotatable bonds is 3. The van der Waals surface area contributed by atoms with E-state index in [2.05, 4.69) is 25.2 Å². The third-order valence-corrected chi connectivity index (χ3v) is 5.39. The van der Waals surface area contributed by atoms with Crippen molar-refractivity contribution in [3.05, 3.63) is 22.9 Å². The maximum absolute atomic E-state index is 5.00. The Labute approximate surface area is 123 Å². The molecule has 2 nitrogen and oxygen atoms in total. The fraction of sp³-hybridized carbons (Fsp3) is 0.722. The topological polar surface area (TPSA) is 24.9 Å². The molecule has 2 aliphatic rings. The Kier molecular flexibility index (Phi) is 4.28. The van der Waals surface area contributed by atoms with Gasteiger partial charge in [0.25, 0.3) is 0 Å². The first-order valence-corrected chi connectivity index (χ1v) is 8.57. The minimum atomic E-state index is 0.855. The summed E-state index contributed by atoms with van der Waals surface area (Å²) in [6.45, 7) is 5.78. The fourth-order valence-electron chi connectivity index (χ4n) is 4.07. The van der Waals surface area contributed by atoms with Crippen LogP contribution in [0.1, 0.15) is 62.8 Å². The van der Waals surface area contributed by atoms with Gasteiger partial charge in [0.2, 0.25) is 0 Å². The Morgan fingerprint density at radius 2 is 2.05 bits per heavy atom. The predicted octanol–water partition coefficient (Wildman–Crippen LogP) is 4.37. The van der Waals surface area contributed by atoms with Gasteiger partial charge in [0, 0.05) is 12.2 Å². The van der Waals surface area contributed by atoms with Gasteiger partial charge in [0.15, 0.2) is 0 Å². The van der Waals surface area contributed by atoms with Gasteiger partial charge in [-0.1, -0.05) is 32.8 Å². The average Bonchev–Trinajstić information content (AvgIpc) is 2.71. The molecule has 0 spiro atoms. The van der Waals surface area contributed by atoms with Gasteiger partial charge in [-0.25, -0.2) is 4.98 Å². The first-order chi connectivity index (χ1) is 9.81. The molecule has 110 valence electrons. The predicted molar refractivity (Wildman–Crippen MR) is 85.3 cm³/mol. The minimum Gasteiger partial charge on any atom is -0.370 e. The van der Waals surface area contributed by atoms with Crippen molar-refractivity contribution in [3.8, 4) is 0 Å². The largest absolute Gasteiger partial charge is 0.370 e. The van der Waals surface area contributed by atoms with Gasteiger partial charge >= 0.3 is 0 Å². The summed E-state index contributed by atoms with van der Waals surface area (Å²) in [5.41, 5.74) is 4.39. The number of hydrogen-bond acceptors (Lipinski definition) is 2. The molecule has 1 aromatic rings. The Hall–Kier alpha value is -1.05. The van der Waals surface area contributed by atoms with Crippen molar-refractivity contribution in [1.29, 1.82) is 0 Å². The van der Waals surface area contributed by atoms with Crippen LogP contribution >= 0.6 is 0 Å². The second-order valence-corrected chi connectivity index (χ2v) is 6.57. The highest BCUT2D eigenvalue weighted by atomic mass is 15.0. The lowest BCUT2D eigenvalue weighted by Crippen LogP contribution is -2.23.